The Bertz CT molecular complexity index is 384. The molecule has 0 aliphatic carbocycles. The summed E-state index contributed by atoms with van der Waals surface area (Å²) in [7, 11) is 1.69. The van der Waals surface area contributed by atoms with Crippen molar-refractivity contribution in [3.8, 4) is 0 Å². The van der Waals surface area contributed by atoms with Crippen molar-refractivity contribution in [1.82, 2.24) is 9.55 Å². The van der Waals surface area contributed by atoms with Crippen LogP contribution in [0.15, 0.2) is 17.2 Å². The molecule has 0 spiro atoms. The van der Waals surface area contributed by atoms with Crippen LogP contribution in [0.4, 0.5) is 5.82 Å². The van der Waals surface area contributed by atoms with Crippen LogP contribution >= 0.6 is 11.6 Å². The summed E-state index contributed by atoms with van der Waals surface area (Å²) in [6, 6.07) is 0. The largest absolute Gasteiger partial charge is 0.359 e. The topological polar surface area (TPSA) is 46.9 Å². The Morgan fingerprint density at radius 3 is 2.87 bits per heavy atom. The second-order valence-corrected chi connectivity index (χ2v) is 4.13. The molecule has 4 nitrogen and oxygen atoms in total. The number of alkyl halides is 1. The minimum absolute atomic E-state index is 0.137. The second kappa shape index (κ2) is 4.66. The van der Waals surface area contributed by atoms with Crippen LogP contribution in [-0.2, 0) is 7.05 Å². The molecule has 84 valence electrons. The lowest BCUT2D eigenvalue weighted by Gasteiger charge is -2.27. The predicted molar refractivity (Wildman–Crippen MR) is 62.5 cm³/mol. The fourth-order valence-electron chi connectivity index (χ4n) is 1.09. The molecule has 0 aromatic carbocycles. The highest BCUT2D eigenvalue weighted by molar-refractivity contribution is 6.18. The lowest BCUT2D eigenvalue weighted by Crippen LogP contribution is -2.39. The molecule has 1 aromatic heterocycles. The van der Waals surface area contributed by atoms with Gasteiger partial charge in [0.1, 0.15) is 0 Å². The Kier molecular flexibility index (Phi) is 3.74. The summed E-state index contributed by atoms with van der Waals surface area (Å²) in [6.45, 7) is 3.98. The van der Waals surface area contributed by atoms with E-state index in [2.05, 4.69) is 10.3 Å². The molecule has 0 saturated carbocycles. The third-order valence-electron chi connectivity index (χ3n) is 2.51. The fourth-order valence-corrected chi connectivity index (χ4v) is 1.34. The van der Waals surface area contributed by atoms with Gasteiger partial charge in [0.05, 0.1) is 0 Å². The highest BCUT2D eigenvalue weighted by atomic mass is 35.5. The lowest BCUT2D eigenvalue weighted by atomic mass is 10.0. The maximum absolute atomic E-state index is 11.7. The van der Waals surface area contributed by atoms with Gasteiger partial charge < -0.3 is 9.88 Å². The molecule has 1 N–H and O–H groups in total. The average molecular weight is 230 g/mol. The van der Waals surface area contributed by atoms with Crippen LogP contribution in [0.1, 0.15) is 20.3 Å². The van der Waals surface area contributed by atoms with Gasteiger partial charge in [0.25, 0.3) is 5.56 Å². The minimum atomic E-state index is -0.290. The number of nitrogens with zero attached hydrogens (tertiary/aromatic N) is 2. The number of hydrogen-bond donors (Lipinski definition) is 1. The third kappa shape index (κ3) is 2.72. The van der Waals surface area contributed by atoms with Gasteiger partial charge in [0.2, 0.25) is 0 Å². The van der Waals surface area contributed by atoms with Gasteiger partial charge in [-0.2, -0.15) is 0 Å². The van der Waals surface area contributed by atoms with Crippen molar-refractivity contribution in [2.45, 2.75) is 25.8 Å². The Hall–Kier alpha value is -1.03. The van der Waals surface area contributed by atoms with E-state index >= 15 is 0 Å². The van der Waals surface area contributed by atoms with Crippen LogP contribution in [0.3, 0.4) is 0 Å². The van der Waals surface area contributed by atoms with E-state index in [4.69, 9.17) is 11.6 Å². The fraction of sp³-hybridized carbons (Fsp3) is 0.600. The Balaban J connectivity index is 2.99. The molecular weight excluding hydrogens is 214 g/mol. The van der Waals surface area contributed by atoms with E-state index < -0.39 is 0 Å². The van der Waals surface area contributed by atoms with Crippen molar-refractivity contribution >= 4 is 17.4 Å². The number of aryl methyl sites for hydroxylation is 1. The zero-order chi connectivity index (χ0) is 11.5. The first-order chi connectivity index (χ1) is 7.02. The molecule has 1 atom stereocenters. The van der Waals surface area contributed by atoms with Crippen LogP contribution < -0.4 is 10.9 Å². The summed E-state index contributed by atoms with van der Waals surface area (Å²) in [5.41, 5.74) is -0.426. The van der Waals surface area contributed by atoms with E-state index in [0.29, 0.717) is 11.7 Å². The van der Waals surface area contributed by atoms with Crippen molar-refractivity contribution < 1.29 is 0 Å². The lowest BCUT2D eigenvalue weighted by molar-refractivity contribution is 0.549. The first-order valence-corrected chi connectivity index (χ1v) is 5.41. The van der Waals surface area contributed by atoms with Gasteiger partial charge in [-0.3, -0.25) is 4.79 Å². The molecule has 0 radical (unpaired) electrons. The number of aromatic nitrogens is 2. The van der Waals surface area contributed by atoms with Crippen LogP contribution in [0, 0.1) is 0 Å². The van der Waals surface area contributed by atoms with E-state index in [9.17, 15) is 4.79 Å². The summed E-state index contributed by atoms with van der Waals surface area (Å²) in [5.74, 6) is 0.786. The Morgan fingerprint density at radius 2 is 2.33 bits per heavy atom. The van der Waals surface area contributed by atoms with Crippen molar-refractivity contribution in [3.63, 3.8) is 0 Å². The Morgan fingerprint density at radius 1 is 1.67 bits per heavy atom. The maximum Gasteiger partial charge on any atom is 0.293 e. The van der Waals surface area contributed by atoms with E-state index in [-0.39, 0.29) is 11.1 Å². The van der Waals surface area contributed by atoms with Crippen LogP contribution in [-0.4, -0.2) is 21.0 Å². The molecule has 0 saturated heterocycles. The summed E-state index contributed by atoms with van der Waals surface area (Å²) in [6.07, 6.45) is 4.04. The number of nitrogens with one attached hydrogen (secondary N) is 1. The highest BCUT2D eigenvalue weighted by Crippen LogP contribution is 2.15. The molecule has 1 unspecified atom stereocenters. The van der Waals surface area contributed by atoms with Gasteiger partial charge in [-0.1, -0.05) is 6.92 Å². The minimum Gasteiger partial charge on any atom is -0.359 e. The number of hydrogen-bond acceptors (Lipinski definition) is 3. The van der Waals surface area contributed by atoms with Gasteiger partial charge in [-0.25, -0.2) is 4.98 Å². The standard InChI is InChI=1S/C10H16ClN3O/c1-4-10(2,7-11)13-8-9(15)14(3)6-5-12-8/h5-6H,4,7H2,1-3H3,(H,12,13). The first kappa shape index (κ1) is 12.0. The normalized spacial score (nSPS) is 14.7. The molecule has 0 fully saturated rings. The molecule has 0 amide bonds. The summed E-state index contributed by atoms with van der Waals surface area (Å²) in [5, 5.41) is 3.09. The summed E-state index contributed by atoms with van der Waals surface area (Å²) in [4.78, 5) is 15.7. The van der Waals surface area contributed by atoms with Gasteiger partial charge in [-0.15, -0.1) is 11.6 Å². The molecule has 1 aromatic rings. The van der Waals surface area contributed by atoms with Crippen molar-refractivity contribution in [2.75, 3.05) is 11.2 Å². The van der Waals surface area contributed by atoms with Gasteiger partial charge in [-0.05, 0) is 13.3 Å². The third-order valence-corrected chi connectivity index (χ3v) is 3.10. The SMILES string of the molecule is CCC(C)(CCl)Nc1nccn(C)c1=O. The predicted octanol–water partition coefficient (Wildman–Crippen LogP) is 1.60. The van der Waals surface area contributed by atoms with Crippen LogP contribution in [0.2, 0.25) is 0 Å². The molecule has 0 aliphatic heterocycles. The van der Waals surface area contributed by atoms with Crippen molar-refractivity contribution in [1.29, 1.82) is 0 Å². The zero-order valence-electron chi connectivity index (χ0n) is 9.25. The van der Waals surface area contributed by atoms with Gasteiger partial charge in [0, 0.05) is 30.9 Å². The molecule has 1 heterocycles. The summed E-state index contributed by atoms with van der Waals surface area (Å²) >= 11 is 5.85. The number of halogens is 1. The molecule has 15 heavy (non-hydrogen) atoms. The van der Waals surface area contributed by atoms with Crippen molar-refractivity contribution in [2.24, 2.45) is 7.05 Å². The number of rotatable bonds is 4. The first-order valence-electron chi connectivity index (χ1n) is 4.88. The maximum atomic E-state index is 11.7. The van der Waals surface area contributed by atoms with E-state index in [1.54, 1.807) is 19.4 Å². The van der Waals surface area contributed by atoms with Gasteiger partial charge in [0.15, 0.2) is 5.82 Å². The van der Waals surface area contributed by atoms with Gasteiger partial charge >= 0.3 is 0 Å². The molecular formula is C10H16ClN3O. The number of anilines is 1. The van der Waals surface area contributed by atoms with E-state index in [0.717, 1.165) is 6.42 Å². The van der Waals surface area contributed by atoms with E-state index in [1.165, 1.54) is 4.57 Å². The molecule has 0 bridgehead atoms. The smallest absolute Gasteiger partial charge is 0.293 e. The zero-order valence-corrected chi connectivity index (χ0v) is 10.0. The van der Waals surface area contributed by atoms with E-state index in [1.807, 2.05) is 13.8 Å². The second-order valence-electron chi connectivity index (χ2n) is 3.86. The summed E-state index contributed by atoms with van der Waals surface area (Å²) < 4.78 is 1.49. The monoisotopic (exact) mass is 229 g/mol. The van der Waals surface area contributed by atoms with Crippen LogP contribution in [0.25, 0.3) is 0 Å². The average Bonchev–Trinajstić information content (AvgIpc) is 2.25. The molecule has 0 aliphatic rings. The molecule has 5 heteroatoms. The van der Waals surface area contributed by atoms with Crippen molar-refractivity contribution in [3.05, 3.63) is 22.7 Å². The highest BCUT2D eigenvalue weighted by Gasteiger charge is 2.22. The Labute approximate surface area is 94.3 Å². The quantitative estimate of drug-likeness (QED) is 0.798. The van der Waals surface area contributed by atoms with Crippen LogP contribution in [0.5, 0.6) is 0 Å². The molecule has 1 rings (SSSR count).